The van der Waals surface area contributed by atoms with Crippen LogP contribution in [0.15, 0.2) is 22.7 Å². The van der Waals surface area contributed by atoms with E-state index in [1.54, 1.807) is 18.4 Å². The Morgan fingerprint density at radius 1 is 1.16 bits per heavy atom. The minimum atomic E-state index is -0.547. The van der Waals surface area contributed by atoms with E-state index in [2.05, 4.69) is 21.2 Å². The fourth-order valence-corrected chi connectivity index (χ4v) is 3.59. The summed E-state index contributed by atoms with van der Waals surface area (Å²) in [7, 11) is 1.71. The lowest BCUT2D eigenvalue weighted by Gasteiger charge is -2.18. The second-order valence-corrected chi connectivity index (χ2v) is 6.75. The predicted octanol–water partition coefficient (Wildman–Crippen LogP) is 4.71. The molecule has 1 heterocycles. The highest BCUT2D eigenvalue weighted by molar-refractivity contribution is 9.10. The predicted molar refractivity (Wildman–Crippen MR) is 78.8 cm³/mol. The molecule has 5 heteroatoms. The molecule has 0 fully saturated rings. The van der Waals surface area contributed by atoms with E-state index >= 15 is 0 Å². The number of halogens is 3. The van der Waals surface area contributed by atoms with Crippen LogP contribution in [0.4, 0.5) is 8.78 Å². The molecule has 0 bridgehead atoms. The van der Waals surface area contributed by atoms with Crippen molar-refractivity contribution in [3.8, 4) is 0 Å². The molecular formula is C14H14BrF2NS. The summed E-state index contributed by atoms with van der Waals surface area (Å²) in [6.07, 6.45) is 0. The zero-order chi connectivity index (χ0) is 14.2. The van der Waals surface area contributed by atoms with Gasteiger partial charge >= 0.3 is 0 Å². The van der Waals surface area contributed by atoms with Gasteiger partial charge in [-0.3, -0.25) is 0 Å². The molecule has 0 radical (unpaired) electrons. The Morgan fingerprint density at radius 2 is 1.74 bits per heavy atom. The van der Waals surface area contributed by atoms with Crippen LogP contribution in [0.2, 0.25) is 0 Å². The van der Waals surface area contributed by atoms with Crippen molar-refractivity contribution >= 4 is 27.3 Å². The van der Waals surface area contributed by atoms with Crippen LogP contribution in [0.1, 0.15) is 26.9 Å². The summed E-state index contributed by atoms with van der Waals surface area (Å²) in [6, 6.07) is 4.08. The molecule has 0 saturated carbocycles. The molecule has 0 saturated heterocycles. The fourth-order valence-electron chi connectivity index (χ4n) is 2.22. The minimum absolute atomic E-state index is 0.0617. The van der Waals surface area contributed by atoms with Crippen LogP contribution in [0.25, 0.3) is 0 Å². The Bertz CT molecular complexity index is 586. The number of benzene rings is 1. The molecule has 2 aromatic rings. The molecule has 0 aliphatic rings. The van der Waals surface area contributed by atoms with Gasteiger partial charge in [-0.15, -0.1) is 11.3 Å². The summed E-state index contributed by atoms with van der Waals surface area (Å²) in [5.41, 5.74) is 0.983. The summed E-state index contributed by atoms with van der Waals surface area (Å²) < 4.78 is 28.5. The molecule has 0 spiro atoms. The number of nitrogens with one attached hydrogen (secondary N) is 1. The van der Waals surface area contributed by atoms with Gasteiger partial charge in [-0.25, -0.2) is 8.78 Å². The molecule has 0 aliphatic carbocycles. The lowest BCUT2D eigenvalue weighted by Crippen LogP contribution is -2.20. The zero-order valence-corrected chi connectivity index (χ0v) is 13.3. The topological polar surface area (TPSA) is 12.0 Å². The van der Waals surface area contributed by atoms with Crippen molar-refractivity contribution < 1.29 is 8.78 Å². The van der Waals surface area contributed by atoms with Crippen molar-refractivity contribution in [3.05, 3.63) is 55.2 Å². The summed E-state index contributed by atoms with van der Waals surface area (Å²) in [5.74, 6) is -1.09. The highest BCUT2D eigenvalue weighted by Crippen LogP contribution is 2.34. The summed E-state index contributed by atoms with van der Waals surface area (Å²) >= 11 is 4.72. The average Bonchev–Trinajstić information content (AvgIpc) is 2.62. The highest BCUT2D eigenvalue weighted by atomic mass is 79.9. The zero-order valence-electron chi connectivity index (χ0n) is 10.9. The lowest BCUT2D eigenvalue weighted by molar-refractivity contribution is 0.521. The van der Waals surface area contributed by atoms with Gasteiger partial charge in [0.15, 0.2) is 0 Å². The second kappa shape index (κ2) is 5.69. The fraction of sp³-hybridized carbons (Fsp3) is 0.286. The third kappa shape index (κ3) is 2.88. The van der Waals surface area contributed by atoms with Crippen LogP contribution in [0, 0.1) is 25.5 Å². The number of hydrogen-bond donors (Lipinski definition) is 1. The van der Waals surface area contributed by atoms with E-state index in [1.165, 1.54) is 12.1 Å². The van der Waals surface area contributed by atoms with Gasteiger partial charge in [-0.2, -0.15) is 0 Å². The monoisotopic (exact) mass is 345 g/mol. The summed E-state index contributed by atoms with van der Waals surface area (Å²) in [4.78, 5) is 2.20. The van der Waals surface area contributed by atoms with Gasteiger partial charge in [-0.05, 0) is 44.7 Å². The maximum Gasteiger partial charge on any atom is 0.132 e. The highest BCUT2D eigenvalue weighted by Gasteiger charge is 2.23. The molecule has 0 aliphatic heterocycles. The summed E-state index contributed by atoms with van der Waals surface area (Å²) in [6.45, 7) is 3.95. The van der Waals surface area contributed by atoms with Crippen molar-refractivity contribution in [2.24, 2.45) is 0 Å². The van der Waals surface area contributed by atoms with Crippen molar-refractivity contribution in [2.45, 2.75) is 19.9 Å². The molecule has 2 rings (SSSR count). The Morgan fingerprint density at radius 3 is 2.16 bits per heavy atom. The van der Waals surface area contributed by atoms with E-state index in [4.69, 9.17) is 0 Å². The first-order valence-corrected chi connectivity index (χ1v) is 7.43. The van der Waals surface area contributed by atoms with E-state index in [-0.39, 0.29) is 5.56 Å². The molecule has 0 amide bonds. The average molecular weight is 346 g/mol. The Kier molecular flexibility index (Phi) is 4.38. The Hall–Kier alpha value is -0.780. The molecule has 102 valence electrons. The maximum absolute atomic E-state index is 14.1. The summed E-state index contributed by atoms with van der Waals surface area (Å²) in [5, 5.41) is 3.00. The first-order valence-electron chi connectivity index (χ1n) is 5.82. The number of aryl methyl sites for hydroxylation is 2. The third-order valence-corrected chi connectivity index (χ3v) is 4.45. The van der Waals surface area contributed by atoms with Gasteiger partial charge in [0.05, 0.1) is 6.04 Å². The quantitative estimate of drug-likeness (QED) is 0.848. The molecular weight excluding hydrogens is 332 g/mol. The normalized spacial score (nSPS) is 12.7. The first kappa shape index (κ1) is 14.6. The van der Waals surface area contributed by atoms with Crippen molar-refractivity contribution in [1.29, 1.82) is 0 Å². The number of hydrogen-bond acceptors (Lipinski definition) is 2. The van der Waals surface area contributed by atoms with Gasteiger partial charge in [0, 0.05) is 19.8 Å². The van der Waals surface area contributed by atoms with Gasteiger partial charge in [-0.1, -0.05) is 15.9 Å². The van der Waals surface area contributed by atoms with Crippen LogP contribution in [-0.2, 0) is 0 Å². The van der Waals surface area contributed by atoms with Crippen molar-refractivity contribution in [3.63, 3.8) is 0 Å². The van der Waals surface area contributed by atoms with Crippen molar-refractivity contribution in [2.75, 3.05) is 7.05 Å². The standard InChI is InChI=1S/C14H14BrF2NS/c1-7-4-10(8(2)19-7)14(18-3)13-11(16)5-9(15)6-12(13)17/h4-6,14,18H,1-3H3. The van der Waals surface area contributed by atoms with Crippen LogP contribution in [0.5, 0.6) is 0 Å². The van der Waals surface area contributed by atoms with E-state index in [9.17, 15) is 8.78 Å². The Labute approximate surface area is 123 Å². The molecule has 19 heavy (non-hydrogen) atoms. The van der Waals surface area contributed by atoms with Gasteiger partial charge in [0.2, 0.25) is 0 Å². The second-order valence-electron chi connectivity index (χ2n) is 4.37. The number of rotatable bonds is 3. The lowest BCUT2D eigenvalue weighted by atomic mass is 9.98. The van der Waals surface area contributed by atoms with Gasteiger partial charge < -0.3 is 5.32 Å². The van der Waals surface area contributed by atoms with Gasteiger partial charge in [0.25, 0.3) is 0 Å². The van der Waals surface area contributed by atoms with E-state index < -0.39 is 17.7 Å². The smallest absolute Gasteiger partial charge is 0.132 e. The minimum Gasteiger partial charge on any atom is -0.309 e. The van der Waals surface area contributed by atoms with Crippen LogP contribution in [-0.4, -0.2) is 7.05 Å². The third-order valence-electron chi connectivity index (χ3n) is 3.01. The van der Waals surface area contributed by atoms with E-state index in [0.29, 0.717) is 4.47 Å². The molecule has 1 aromatic heterocycles. The maximum atomic E-state index is 14.1. The van der Waals surface area contributed by atoms with Crippen LogP contribution >= 0.6 is 27.3 Å². The van der Waals surface area contributed by atoms with Crippen LogP contribution in [0.3, 0.4) is 0 Å². The SMILES string of the molecule is CNC(c1cc(C)sc1C)c1c(F)cc(Br)cc1F. The molecule has 1 N–H and O–H groups in total. The first-order chi connectivity index (χ1) is 8.93. The van der Waals surface area contributed by atoms with Crippen LogP contribution < -0.4 is 5.32 Å². The Balaban J connectivity index is 2.57. The molecule has 1 atom stereocenters. The molecule has 1 aromatic carbocycles. The van der Waals surface area contributed by atoms with E-state index in [1.807, 2.05) is 19.9 Å². The van der Waals surface area contributed by atoms with Gasteiger partial charge in [0.1, 0.15) is 11.6 Å². The van der Waals surface area contributed by atoms with E-state index in [0.717, 1.165) is 15.3 Å². The van der Waals surface area contributed by atoms with Crippen molar-refractivity contribution in [1.82, 2.24) is 5.32 Å². The number of thiophene rings is 1. The molecule has 1 unspecified atom stereocenters. The molecule has 1 nitrogen and oxygen atoms in total. The largest absolute Gasteiger partial charge is 0.309 e.